The van der Waals surface area contributed by atoms with E-state index in [1.807, 2.05) is 30.3 Å². The van der Waals surface area contributed by atoms with Gasteiger partial charge in [-0.25, -0.2) is 4.98 Å². The number of aromatic nitrogens is 2. The van der Waals surface area contributed by atoms with Crippen LogP contribution in [-0.4, -0.2) is 9.97 Å². The van der Waals surface area contributed by atoms with E-state index < -0.39 is 0 Å². The van der Waals surface area contributed by atoms with Crippen molar-refractivity contribution in [3.63, 3.8) is 0 Å². The van der Waals surface area contributed by atoms with Crippen molar-refractivity contribution in [3.05, 3.63) is 57.8 Å². The lowest BCUT2D eigenvalue weighted by Crippen LogP contribution is -1.98. The highest BCUT2D eigenvalue weighted by atomic mass is 79.9. The van der Waals surface area contributed by atoms with Crippen LogP contribution in [0.1, 0.15) is 5.56 Å². The Kier molecular flexibility index (Phi) is 3.74. The molecule has 0 aliphatic heterocycles. The molecule has 6 heteroatoms. The number of fused-ring (bicyclic) bond motifs is 1. The molecular weight excluding hydrogens is 352 g/mol. The standard InChI is InChI=1S/C15H8BrClN4/c16-11-7-9(8-18)5-6-13(11)19-14-10-3-1-2-4-12(10)20-15(17)21-14/h1-7H,(H,19,20,21). The summed E-state index contributed by atoms with van der Waals surface area (Å²) in [4.78, 5) is 8.42. The lowest BCUT2D eigenvalue weighted by Gasteiger charge is -2.10. The van der Waals surface area contributed by atoms with Gasteiger partial charge in [-0.2, -0.15) is 10.2 Å². The highest BCUT2D eigenvalue weighted by Crippen LogP contribution is 2.29. The Hall–Kier alpha value is -2.16. The number of benzene rings is 2. The van der Waals surface area contributed by atoms with E-state index in [9.17, 15) is 0 Å². The number of nitrogens with zero attached hydrogens (tertiary/aromatic N) is 3. The van der Waals surface area contributed by atoms with Crippen molar-refractivity contribution < 1.29 is 0 Å². The molecule has 3 rings (SSSR count). The minimum Gasteiger partial charge on any atom is -0.339 e. The third kappa shape index (κ3) is 2.82. The molecule has 3 aromatic rings. The van der Waals surface area contributed by atoms with E-state index in [2.05, 4.69) is 37.3 Å². The molecule has 0 spiro atoms. The van der Waals surface area contributed by atoms with Crippen molar-refractivity contribution in [3.8, 4) is 6.07 Å². The minimum absolute atomic E-state index is 0.181. The molecule has 0 amide bonds. The van der Waals surface area contributed by atoms with E-state index in [0.717, 1.165) is 21.1 Å². The largest absolute Gasteiger partial charge is 0.339 e. The van der Waals surface area contributed by atoms with Crippen LogP contribution in [0.2, 0.25) is 5.28 Å². The topological polar surface area (TPSA) is 61.6 Å². The molecule has 0 radical (unpaired) electrons. The van der Waals surface area contributed by atoms with Gasteiger partial charge in [-0.15, -0.1) is 0 Å². The average Bonchev–Trinajstić information content (AvgIpc) is 2.49. The third-order valence-corrected chi connectivity index (χ3v) is 3.75. The van der Waals surface area contributed by atoms with Crippen molar-refractivity contribution in [1.82, 2.24) is 9.97 Å². The molecule has 0 unspecified atom stereocenters. The van der Waals surface area contributed by atoms with Gasteiger partial charge in [0.25, 0.3) is 0 Å². The number of hydrogen-bond acceptors (Lipinski definition) is 4. The number of anilines is 2. The summed E-state index contributed by atoms with van der Waals surface area (Å²) in [5.41, 5.74) is 2.15. The van der Waals surface area contributed by atoms with E-state index >= 15 is 0 Å². The van der Waals surface area contributed by atoms with Crippen LogP contribution in [0.25, 0.3) is 10.9 Å². The highest BCUT2D eigenvalue weighted by Gasteiger charge is 2.08. The maximum atomic E-state index is 8.89. The van der Waals surface area contributed by atoms with Crippen LogP contribution in [0.15, 0.2) is 46.9 Å². The summed E-state index contributed by atoms with van der Waals surface area (Å²) in [6.07, 6.45) is 0. The SMILES string of the molecule is N#Cc1ccc(Nc2nc(Cl)nc3ccccc23)c(Br)c1. The number of para-hydroxylation sites is 1. The normalized spacial score (nSPS) is 10.3. The second-order valence-electron chi connectivity index (χ2n) is 4.29. The Morgan fingerprint density at radius 1 is 1.14 bits per heavy atom. The zero-order valence-corrected chi connectivity index (χ0v) is 13.0. The van der Waals surface area contributed by atoms with E-state index in [-0.39, 0.29) is 5.28 Å². The van der Waals surface area contributed by atoms with Crippen molar-refractivity contribution in [2.45, 2.75) is 0 Å². The number of nitriles is 1. The molecule has 102 valence electrons. The quantitative estimate of drug-likeness (QED) is 0.676. The van der Waals surface area contributed by atoms with Crippen molar-refractivity contribution >= 4 is 49.9 Å². The van der Waals surface area contributed by atoms with Crippen LogP contribution in [0.4, 0.5) is 11.5 Å². The zero-order chi connectivity index (χ0) is 14.8. The lowest BCUT2D eigenvalue weighted by molar-refractivity contribution is 1.22. The second-order valence-corrected chi connectivity index (χ2v) is 5.48. The van der Waals surface area contributed by atoms with Crippen LogP contribution >= 0.6 is 27.5 Å². The van der Waals surface area contributed by atoms with Crippen LogP contribution in [-0.2, 0) is 0 Å². The molecule has 0 aliphatic rings. The van der Waals surface area contributed by atoms with Crippen LogP contribution in [0.3, 0.4) is 0 Å². The van der Waals surface area contributed by atoms with Crippen molar-refractivity contribution in [2.75, 3.05) is 5.32 Å². The smallest absolute Gasteiger partial charge is 0.224 e. The monoisotopic (exact) mass is 358 g/mol. The summed E-state index contributed by atoms with van der Waals surface area (Å²) in [6, 6.07) is 15.0. The molecular formula is C15H8BrClN4. The number of hydrogen-bond donors (Lipinski definition) is 1. The molecule has 21 heavy (non-hydrogen) atoms. The lowest BCUT2D eigenvalue weighted by atomic mass is 10.2. The van der Waals surface area contributed by atoms with Gasteiger partial charge in [-0.05, 0) is 57.9 Å². The van der Waals surface area contributed by atoms with Gasteiger partial charge in [-0.3, -0.25) is 0 Å². The summed E-state index contributed by atoms with van der Waals surface area (Å²) in [5.74, 6) is 0.621. The van der Waals surface area contributed by atoms with Gasteiger partial charge in [0.2, 0.25) is 5.28 Å². The molecule has 0 bridgehead atoms. The molecule has 0 saturated carbocycles. The van der Waals surface area contributed by atoms with Gasteiger partial charge >= 0.3 is 0 Å². The fourth-order valence-corrected chi connectivity index (χ4v) is 2.61. The van der Waals surface area contributed by atoms with E-state index in [0.29, 0.717) is 11.4 Å². The van der Waals surface area contributed by atoms with Gasteiger partial charge in [0, 0.05) is 9.86 Å². The van der Waals surface area contributed by atoms with Crippen molar-refractivity contribution in [2.24, 2.45) is 0 Å². The maximum absolute atomic E-state index is 8.89. The molecule has 4 nitrogen and oxygen atoms in total. The highest BCUT2D eigenvalue weighted by molar-refractivity contribution is 9.10. The Morgan fingerprint density at radius 3 is 2.71 bits per heavy atom. The summed E-state index contributed by atoms with van der Waals surface area (Å²) < 4.78 is 0.778. The van der Waals surface area contributed by atoms with Crippen LogP contribution in [0.5, 0.6) is 0 Å². The van der Waals surface area contributed by atoms with E-state index in [4.69, 9.17) is 16.9 Å². The Bertz CT molecular complexity index is 873. The second kappa shape index (κ2) is 5.68. The van der Waals surface area contributed by atoms with Gasteiger partial charge < -0.3 is 5.32 Å². The summed E-state index contributed by atoms with van der Waals surface area (Å²) >= 11 is 9.40. The fraction of sp³-hybridized carbons (Fsp3) is 0. The molecule has 0 saturated heterocycles. The first-order valence-corrected chi connectivity index (χ1v) is 7.23. The summed E-state index contributed by atoms with van der Waals surface area (Å²) in [6.45, 7) is 0. The molecule has 2 aromatic carbocycles. The number of halogens is 2. The number of nitrogens with one attached hydrogen (secondary N) is 1. The first-order chi connectivity index (χ1) is 10.2. The fourth-order valence-electron chi connectivity index (χ4n) is 1.96. The Morgan fingerprint density at radius 2 is 1.95 bits per heavy atom. The molecule has 1 heterocycles. The van der Waals surface area contributed by atoms with Gasteiger partial charge in [0.05, 0.1) is 22.8 Å². The van der Waals surface area contributed by atoms with Crippen LogP contribution in [0, 0.1) is 11.3 Å². The third-order valence-electron chi connectivity index (χ3n) is 2.93. The first-order valence-electron chi connectivity index (χ1n) is 6.06. The molecule has 0 aliphatic carbocycles. The molecule has 0 fully saturated rings. The maximum Gasteiger partial charge on any atom is 0.224 e. The Balaban J connectivity index is 2.08. The van der Waals surface area contributed by atoms with Gasteiger partial charge in [0.1, 0.15) is 5.82 Å². The summed E-state index contributed by atoms with van der Waals surface area (Å²) in [5, 5.41) is 13.2. The van der Waals surface area contributed by atoms with Gasteiger partial charge in [-0.1, -0.05) is 12.1 Å². The first kappa shape index (κ1) is 13.8. The molecule has 1 N–H and O–H groups in total. The minimum atomic E-state index is 0.181. The van der Waals surface area contributed by atoms with Crippen molar-refractivity contribution in [1.29, 1.82) is 5.26 Å². The predicted molar refractivity (Wildman–Crippen MR) is 86.7 cm³/mol. The molecule has 1 aromatic heterocycles. The van der Waals surface area contributed by atoms with E-state index in [1.54, 1.807) is 12.1 Å². The predicted octanol–water partition coefficient (Wildman–Crippen LogP) is 4.66. The van der Waals surface area contributed by atoms with E-state index in [1.165, 1.54) is 0 Å². The average molecular weight is 360 g/mol. The summed E-state index contributed by atoms with van der Waals surface area (Å²) in [7, 11) is 0. The van der Waals surface area contributed by atoms with Crippen LogP contribution < -0.4 is 5.32 Å². The molecule has 0 atom stereocenters. The zero-order valence-electron chi connectivity index (χ0n) is 10.6. The van der Waals surface area contributed by atoms with Gasteiger partial charge in [0.15, 0.2) is 0 Å². The Labute approximate surface area is 134 Å². The number of rotatable bonds is 2.